The van der Waals surface area contributed by atoms with Crippen molar-refractivity contribution in [3.05, 3.63) is 11.9 Å². The molecule has 0 saturated carbocycles. The van der Waals surface area contributed by atoms with Crippen molar-refractivity contribution in [1.29, 1.82) is 0 Å². The van der Waals surface area contributed by atoms with E-state index >= 15 is 0 Å². The van der Waals surface area contributed by atoms with Gasteiger partial charge in [-0.1, -0.05) is 20.8 Å². The molecule has 1 rings (SSSR count). The molecule has 1 atom stereocenters. The van der Waals surface area contributed by atoms with E-state index < -0.39 is 0 Å². The molecule has 0 spiro atoms. The smallest absolute Gasteiger partial charge is 0.160 e. The van der Waals surface area contributed by atoms with Crippen molar-refractivity contribution in [2.75, 3.05) is 7.11 Å². The lowest BCUT2D eigenvalue weighted by molar-refractivity contribution is 0.152. The van der Waals surface area contributed by atoms with Gasteiger partial charge in [-0.25, -0.2) is 0 Å². The molecule has 1 unspecified atom stereocenters. The van der Waals surface area contributed by atoms with Gasteiger partial charge in [0.2, 0.25) is 0 Å². The Kier molecular flexibility index (Phi) is 4.57. The summed E-state index contributed by atoms with van der Waals surface area (Å²) in [6, 6.07) is 0. The molecule has 1 N–H and O–H groups in total. The molecule has 0 aromatic carbocycles. The number of rotatable bonds is 6. The molecule has 0 aliphatic heterocycles. The quantitative estimate of drug-likeness (QED) is 0.830. The van der Waals surface area contributed by atoms with Gasteiger partial charge in [-0.05, 0) is 19.8 Å². The Morgan fingerprint density at radius 1 is 1.53 bits per heavy atom. The molecule has 4 heteroatoms. The first-order chi connectivity index (χ1) is 7.92. The van der Waals surface area contributed by atoms with Crippen LogP contribution in [-0.4, -0.2) is 28.1 Å². The summed E-state index contributed by atoms with van der Waals surface area (Å²) in [6.45, 7) is 9.05. The van der Waals surface area contributed by atoms with E-state index in [1.807, 2.05) is 11.6 Å². The highest BCUT2D eigenvalue weighted by molar-refractivity contribution is 5.32. The van der Waals surface area contributed by atoms with Crippen LogP contribution in [0.5, 0.6) is 5.75 Å². The van der Waals surface area contributed by atoms with Crippen molar-refractivity contribution >= 4 is 0 Å². The predicted octanol–water partition coefficient (Wildman–Crippen LogP) is 2.35. The first-order valence-electron chi connectivity index (χ1n) is 6.20. The Hall–Kier alpha value is -1.03. The molecular weight excluding hydrogens is 216 g/mol. The van der Waals surface area contributed by atoms with Gasteiger partial charge in [-0.3, -0.25) is 4.68 Å². The largest absolute Gasteiger partial charge is 0.493 e. The molecule has 0 radical (unpaired) electrons. The highest BCUT2D eigenvalue weighted by Crippen LogP contribution is 2.35. The van der Waals surface area contributed by atoms with Gasteiger partial charge in [-0.2, -0.15) is 5.10 Å². The number of hydrogen-bond acceptors (Lipinski definition) is 3. The molecule has 0 fully saturated rings. The molecule has 0 saturated heterocycles. The lowest BCUT2D eigenvalue weighted by Crippen LogP contribution is -2.27. The van der Waals surface area contributed by atoms with Gasteiger partial charge in [0.1, 0.15) is 0 Å². The third-order valence-corrected chi connectivity index (χ3v) is 2.91. The van der Waals surface area contributed by atoms with Crippen molar-refractivity contribution in [2.45, 2.75) is 58.6 Å². The van der Waals surface area contributed by atoms with Crippen LogP contribution >= 0.6 is 0 Å². The van der Waals surface area contributed by atoms with E-state index in [4.69, 9.17) is 4.74 Å². The van der Waals surface area contributed by atoms with Crippen LogP contribution in [0.2, 0.25) is 0 Å². The van der Waals surface area contributed by atoms with Crippen LogP contribution in [0.1, 0.15) is 46.2 Å². The molecule has 1 aromatic rings. The second-order valence-corrected chi connectivity index (χ2v) is 5.22. The highest BCUT2D eigenvalue weighted by atomic mass is 16.5. The third-order valence-electron chi connectivity index (χ3n) is 2.91. The van der Waals surface area contributed by atoms with Crippen LogP contribution in [-0.2, 0) is 12.0 Å². The fraction of sp³-hybridized carbons (Fsp3) is 0.769. The van der Waals surface area contributed by atoms with Gasteiger partial charge in [0.25, 0.3) is 0 Å². The van der Waals surface area contributed by atoms with E-state index in [2.05, 4.69) is 25.9 Å². The van der Waals surface area contributed by atoms with Crippen LogP contribution in [0.3, 0.4) is 0 Å². The zero-order valence-electron chi connectivity index (χ0n) is 11.5. The van der Waals surface area contributed by atoms with Gasteiger partial charge in [-0.15, -0.1) is 0 Å². The lowest BCUT2D eigenvalue weighted by atomic mass is 9.83. The Morgan fingerprint density at radius 3 is 2.65 bits per heavy atom. The van der Waals surface area contributed by atoms with Crippen molar-refractivity contribution < 1.29 is 9.84 Å². The zero-order valence-corrected chi connectivity index (χ0v) is 11.5. The van der Waals surface area contributed by atoms with E-state index in [9.17, 15) is 5.11 Å². The number of aromatic nitrogens is 2. The lowest BCUT2D eigenvalue weighted by Gasteiger charge is -2.28. The van der Waals surface area contributed by atoms with E-state index in [0.29, 0.717) is 6.42 Å². The topological polar surface area (TPSA) is 47.3 Å². The Balaban J connectivity index is 3.11. The van der Waals surface area contributed by atoms with E-state index in [0.717, 1.165) is 24.4 Å². The number of aryl methyl sites for hydroxylation is 1. The SMILES string of the molecule is CCCn1ncc(OC)c1C(C)(C)CC(C)O. The van der Waals surface area contributed by atoms with Crippen LogP contribution < -0.4 is 4.74 Å². The second-order valence-electron chi connectivity index (χ2n) is 5.22. The fourth-order valence-corrected chi connectivity index (χ4v) is 2.42. The third kappa shape index (κ3) is 3.22. The Morgan fingerprint density at radius 2 is 2.18 bits per heavy atom. The molecule has 0 bridgehead atoms. The first kappa shape index (κ1) is 14.0. The summed E-state index contributed by atoms with van der Waals surface area (Å²) in [4.78, 5) is 0. The maximum Gasteiger partial charge on any atom is 0.160 e. The van der Waals surface area contributed by atoms with Crippen molar-refractivity contribution in [1.82, 2.24) is 9.78 Å². The first-order valence-corrected chi connectivity index (χ1v) is 6.20. The fourth-order valence-electron chi connectivity index (χ4n) is 2.42. The summed E-state index contributed by atoms with van der Waals surface area (Å²) in [6.07, 6.45) is 3.15. The number of aliphatic hydroxyl groups is 1. The minimum absolute atomic E-state index is 0.148. The zero-order chi connectivity index (χ0) is 13.1. The van der Waals surface area contributed by atoms with Crippen LogP contribution in [0.25, 0.3) is 0 Å². The molecular formula is C13H24N2O2. The maximum absolute atomic E-state index is 9.60. The molecule has 98 valence electrons. The standard InChI is InChI=1S/C13H24N2O2/c1-6-7-15-12(11(17-5)9-14-15)13(3,4)8-10(2)16/h9-10,16H,6-8H2,1-5H3. The van der Waals surface area contributed by atoms with Gasteiger partial charge < -0.3 is 9.84 Å². The second kappa shape index (κ2) is 5.54. The molecule has 0 aliphatic carbocycles. The summed E-state index contributed by atoms with van der Waals surface area (Å²) in [5.74, 6) is 0.809. The maximum atomic E-state index is 9.60. The van der Waals surface area contributed by atoms with Crippen LogP contribution in [0.4, 0.5) is 0 Å². The van der Waals surface area contributed by atoms with Gasteiger partial charge >= 0.3 is 0 Å². The number of methoxy groups -OCH3 is 1. The van der Waals surface area contributed by atoms with Crippen LogP contribution in [0, 0.1) is 0 Å². The molecule has 4 nitrogen and oxygen atoms in total. The van der Waals surface area contributed by atoms with E-state index in [-0.39, 0.29) is 11.5 Å². The van der Waals surface area contributed by atoms with Gasteiger partial charge in [0, 0.05) is 12.0 Å². The highest BCUT2D eigenvalue weighted by Gasteiger charge is 2.30. The van der Waals surface area contributed by atoms with Crippen molar-refractivity contribution in [3.8, 4) is 5.75 Å². The van der Waals surface area contributed by atoms with Crippen molar-refractivity contribution in [2.24, 2.45) is 0 Å². The summed E-state index contributed by atoms with van der Waals surface area (Å²) >= 11 is 0. The minimum Gasteiger partial charge on any atom is -0.493 e. The molecule has 1 aromatic heterocycles. The summed E-state index contributed by atoms with van der Waals surface area (Å²) < 4.78 is 7.36. The monoisotopic (exact) mass is 240 g/mol. The van der Waals surface area contributed by atoms with E-state index in [1.54, 1.807) is 13.3 Å². The normalized spacial score (nSPS) is 13.8. The Bertz CT molecular complexity index is 356. The van der Waals surface area contributed by atoms with Crippen LogP contribution in [0.15, 0.2) is 6.20 Å². The van der Waals surface area contributed by atoms with E-state index in [1.165, 1.54) is 0 Å². The number of aliphatic hydroxyl groups excluding tert-OH is 1. The number of nitrogens with zero attached hydrogens (tertiary/aromatic N) is 2. The Labute approximate surface area is 104 Å². The van der Waals surface area contributed by atoms with Gasteiger partial charge in [0.15, 0.2) is 5.75 Å². The van der Waals surface area contributed by atoms with Gasteiger partial charge in [0.05, 0.1) is 25.1 Å². The molecule has 17 heavy (non-hydrogen) atoms. The minimum atomic E-state index is -0.334. The molecule has 1 heterocycles. The number of ether oxygens (including phenoxy) is 1. The average Bonchev–Trinajstić information content (AvgIpc) is 2.60. The molecule has 0 aliphatic rings. The summed E-state index contributed by atoms with van der Waals surface area (Å²) in [5, 5.41) is 14.0. The molecule has 0 amide bonds. The predicted molar refractivity (Wildman–Crippen MR) is 68.4 cm³/mol. The summed E-state index contributed by atoms with van der Waals surface area (Å²) in [7, 11) is 1.66. The summed E-state index contributed by atoms with van der Waals surface area (Å²) in [5.41, 5.74) is 0.924. The number of hydrogen-bond donors (Lipinski definition) is 1. The average molecular weight is 240 g/mol. The van der Waals surface area contributed by atoms with Crippen molar-refractivity contribution in [3.63, 3.8) is 0 Å².